The minimum Gasteiger partial charge on any atom is -0.497 e. The Morgan fingerprint density at radius 1 is 1.15 bits per heavy atom. The molecule has 0 atom stereocenters. The molecule has 0 radical (unpaired) electrons. The lowest BCUT2D eigenvalue weighted by molar-refractivity contribution is 0.405. The molecule has 0 amide bonds. The number of benzene rings is 2. The van der Waals surface area contributed by atoms with Crippen molar-refractivity contribution in [3.8, 4) is 5.75 Å². The number of nitrogens with zero attached hydrogens (tertiary/aromatic N) is 2. The van der Waals surface area contributed by atoms with E-state index < -0.39 is 0 Å². The van der Waals surface area contributed by atoms with E-state index in [-0.39, 0.29) is 0 Å². The molecule has 0 aliphatic carbocycles. The second-order valence-electron chi connectivity index (χ2n) is 7.32. The summed E-state index contributed by atoms with van der Waals surface area (Å²) in [5, 5.41) is 8.30. The number of fused-ring (bicyclic) bond motifs is 5. The van der Waals surface area contributed by atoms with Crippen molar-refractivity contribution in [2.24, 2.45) is 0 Å². The number of ether oxygens (including phenoxy) is 1. The number of H-pyrrole nitrogens is 1. The molecule has 0 aliphatic rings. The quantitative estimate of drug-likeness (QED) is 0.494. The van der Waals surface area contributed by atoms with Crippen molar-refractivity contribution in [1.29, 1.82) is 0 Å². The molecular formula is C22H26N4O. The number of hydrogen-bond donors (Lipinski definition) is 2. The van der Waals surface area contributed by atoms with E-state index >= 15 is 0 Å². The fourth-order valence-electron chi connectivity index (χ4n) is 3.68. The minimum absolute atomic E-state index is 0.866. The maximum atomic E-state index is 5.47. The maximum absolute atomic E-state index is 5.47. The number of aromatic amines is 1. The Balaban J connectivity index is 1.91. The second-order valence-corrected chi connectivity index (χ2v) is 7.32. The highest BCUT2D eigenvalue weighted by Crippen LogP contribution is 2.37. The van der Waals surface area contributed by atoms with Crippen molar-refractivity contribution in [3.63, 3.8) is 0 Å². The highest BCUT2D eigenvalue weighted by molar-refractivity contribution is 6.23. The van der Waals surface area contributed by atoms with Crippen LogP contribution in [-0.2, 0) is 0 Å². The molecule has 2 aromatic carbocycles. The van der Waals surface area contributed by atoms with Gasteiger partial charge in [0, 0.05) is 23.6 Å². The Kier molecular flexibility index (Phi) is 4.62. The number of anilines is 1. The molecule has 0 bridgehead atoms. The SMILES string of the molecule is COc1ccc2ccc3[nH]c4c(C)cnc(NCCCN(C)C)c4c3c2c1. The van der Waals surface area contributed by atoms with Gasteiger partial charge in [-0.05, 0) is 68.5 Å². The first kappa shape index (κ1) is 17.6. The molecule has 0 saturated carbocycles. The number of hydrogen-bond acceptors (Lipinski definition) is 4. The van der Waals surface area contributed by atoms with Gasteiger partial charge in [0.1, 0.15) is 11.6 Å². The number of nitrogens with one attached hydrogen (secondary N) is 2. The average molecular weight is 362 g/mol. The van der Waals surface area contributed by atoms with Gasteiger partial charge in [-0.3, -0.25) is 0 Å². The lowest BCUT2D eigenvalue weighted by Crippen LogP contribution is -2.16. The van der Waals surface area contributed by atoms with Crippen LogP contribution >= 0.6 is 0 Å². The van der Waals surface area contributed by atoms with Crippen LogP contribution in [0.5, 0.6) is 5.75 Å². The molecule has 0 unspecified atom stereocenters. The van der Waals surface area contributed by atoms with Gasteiger partial charge in [0.05, 0.1) is 18.0 Å². The number of pyridine rings is 1. The van der Waals surface area contributed by atoms with E-state index in [1.54, 1.807) is 7.11 Å². The molecule has 0 aliphatic heterocycles. The molecule has 5 heteroatoms. The minimum atomic E-state index is 0.866. The lowest BCUT2D eigenvalue weighted by Gasteiger charge is -2.12. The van der Waals surface area contributed by atoms with E-state index in [1.807, 2.05) is 12.3 Å². The van der Waals surface area contributed by atoms with Crippen molar-refractivity contribution in [2.75, 3.05) is 39.6 Å². The molecule has 2 heterocycles. The van der Waals surface area contributed by atoms with Crippen molar-refractivity contribution in [3.05, 3.63) is 42.1 Å². The zero-order valence-electron chi connectivity index (χ0n) is 16.4. The van der Waals surface area contributed by atoms with Crippen LogP contribution < -0.4 is 10.1 Å². The molecule has 0 saturated heterocycles. The van der Waals surface area contributed by atoms with Crippen LogP contribution in [0.25, 0.3) is 32.6 Å². The summed E-state index contributed by atoms with van der Waals surface area (Å²) in [6.45, 7) is 4.05. The van der Waals surface area contributed by atoms with Gasteiger partial charge in [0.2, 0.25) is 0 Å². The highest BCUT2D eigenvalue weighted by atomic mass is 16.5. The molecule has 5 nitrogen and oxygen atoms in total. The summed E-state index contributed by atoms with van der Waals surface area (Å²) < 4.78 is 5.47. The van der Waals surface area contributed by atoms with Crippen LogP contribution in [0.2, 0.25) is 0 Å². The number of methoxy groups -OCH3 is 1. The van der Waals surface area contributed by atoms with E-state index in [0.29, 0.717) is 0 Å². The van der Waals surface area contributed by atoms with E-state index in [1.165, 1.54) is 16.2 Å². The summed E-state index contributed by atoms with van der Waals surface area (Å²) in [6, 6.07) is 10.5. The zero-order chi connectivity index (χ0) is 19.0. The van der Waals surface area contributed by atoms with Crippen LogP contribution in [0, 0.1) is 6.92 Å². The Labute approximate surface area is 159 Å². The third kappa shape index (κ3) is 3.19. The molecule has 2 N–H and O–H groups in total. The molecule has 140 valence electrons. The summed E-state index contributed by atoms with van der Waals surface area (Å²) in [4.78, 5) is 10.5. The normalized spacial score (nSPS) is 11.7. The van der Waals surface area contributed by atoms with E-state index in [4.69, 9.17) is 9.72 Å². The van der Waals surface area contributed by atoms with E-state index in [2.05, 4.69) is 60.5 Å². The van der Waals surface area contributed by atoms with Crippen LogP contribution in [0.1, 0.15) is 12.0 Å². The van der Waals surface area contributed by atoms with Gasteiger partial charge in [0.15, 0.2) is 0 Å². The molecule has 0 spiro atoms. The second kappa shape index (κ2) is 7.08. The van der Waals surface area contributed by atoms with E-state index in [9.17, 15) is 0 Å². The fourth-order valence-corrected chi connectivity index (χ4v) is 3.68. The van der Waals surface area contributed by atoms with Gasteiger partial charge in [-0.25, -0.2) is 4.98 Å². The molecule has 0 fully saturated rings. The van der Waals surface area contributed by atoms with Gasteiger partial charge in [0.25, 0.3) is 0 Å². The largest absolute Gasteiger partial charge is 0.497 e. The van der Waals surface area contributed by atoms with Crippen LogP contribution in [0.15, 0.2) is 36.5 Å². The summed E-state index contributed by atoms with van der Waals surface area (Å²) >= 11 is 0. The fraction of sp³-hybridized carbons (Fsp3) is 0.318. The summed E-state index contributed by atoms with van der Waals surface area (Å²) in [5.41, 5.74) is 3.42. The smallest absolute Gasteiger partial charge is 0.136 e. The van der Waals surface area contributed by atoms with Gasteiger partial charge >= 0.3 is 0 Å². The predicted octanol–water partition coefficient (Wildman–Crippen LogP) is 4.55. The summed E-state index contributed by atoms with van der Waals surface area (Å²) in [6.07, 6.45) is 3.01. The van der Waals surface area contributed by atoms with E-state index in [0.717, 1.165) is 53.1 Å². The topological polar surface area (TPSA) is 53.2 Å². The third-order valence-corrected chi connectivity index (χ3v) is 5.08. The zero-order valence-corrected chi connectivity index (χ0v) is 16.4. The first-order chi connectivity index (χ1) is 13.1. The van der Waals surface area contributed by atoms with Gasteiger partial charge in [-0.2, -0.15) is 0 Å². The first-order valence-electron chi connectivity index (χ1n) is 9.35. The Hall–Kier alpha value is -2.79. The van der Waals surface area contributed by atoms with Crippen LogP contribution in [0.3, 0.4) is 0 Å². The van der Waals surface area contributed by atoms with Gasteiger partial charge < -0.3 is 19.9 Å². The van der Waals surface area contributed by atoms with Crippen molar-refractivity contribution in [2.45, 2.75) is 13.3 Å². The monoisotopic (exact) mass is 362 g/mol. The standard InChI is InChI=1S/C22H26N4O/c1-14-13-24-22(23-10-5-11-26(2)3)20-19-17-12-16(27-4)8-6-15(17)7-9-18(19)25-21(14)20/h6-9,12-13,25H,5,10-11H2,1-4H3,(H,23,24). The third-order valence-electron chi connectivity index (χ3n) is 5.08. The summed E-state index contributed by atoms with van der Waals surface area (Å²) in [7, 11) is 5.91. The van der Waals surface area contributed by atoms with Crippen LogP contribution in [-0.4, -0.2) is 49.2 Å². The van der Waals surface area contributed by atoms with Gasteiger partial charge in [-0.1, -0.05) is 12.1 Å². The van der Waals surface area contributed by atoms with Crippen molar-refractivity contribution in [1.82, 2.24) is 14.9 Å². The molecule has 27 heavy (non-hydrogen) atoms. The number of rotatable bonds is 6. The Bertz CT molecular complexity index is 1110. The Morgan fingerprint density at radius 3 is 2.74 bits per heavy atom. The van der Waals surface area contributed by atoms with Gasteiger partial charge in [-0.15, -0.1) is 0 Å². The predicted molar refractivity (Wildman–Crippen MR) is 114 cm³/mol. The Morgan fingerprint density at radius 2 is 1.96 bits per heavy atom. The number of aryl methyl sites for hydroxylation is 1. The number of aromatic nitrogens is 2. The summed E-state index contributed by atoms with van der Waals surface area (Å²) in [5.74, 6) is 1.81. The van der Waals surface area contributed by atoms with Crippen molar-refractivity contribution < 1.29 is 4.74 Å². The maximum Gasteiger partial charge on any atom is 0.136 e. The molecule has 4 rings (SSSR count). The first-order valence-corrected chi connectivity index (χ1v) is 9.35. The highest BCUT2D eigenvalue weighted by Gasteiger charge is 2.15. The average Bonchev–Trinajstić information content (AvgIpc) is 3.07. The van der Waals surface area contributed by atoms with Crippen molar-refractivity contribution >= 4 is 38.4 Å². The lowest BCUT2D eigenvalue weighted by atomic mass is 10.0. The molecular weight excluding hydrogens is 336 g/mol. The molecule has 4 aromatic rings. The van der Waals surface area contributed by atoms with Crippen LogP contribution in [0.4, 0.5) is 5.82 Å². The molecule has 2 aromatic heterocycles.